The number of hydrogen-bond acceptors (Lipinski definition) is 4. The summed E-state index contributed by atoms with van der Waals surface area (Å²) in [4.78, 5) is 12.4. The van der Waals surface area contributed by atoms with Gasteiger partial charge in [-0.3, -0.25) is 4.90 Å². The lowest BCUT2D eigenvalue weighted by molar-refractivity contribution is 0.254. The van der Waals surface area contributed by atoms with Gasteiger partial charge in [-0.15, -0.1) is 0 Å². The molecular formula is C11H17N3O3. The van der Waals surface area contributed by atoms with E-state index in [0.29, 0.717) is 24.5 Å². The summed E-state index contributed by atoms with van der Waals surface area (Å²) >= 11 is 0. The molecule has 0 atom stereocenters. The van der Waals surface area contributed by atoms with E-state index in [-0.39, 0.29) is 12.4 Å². The van der Waals surface area contributed by atoms with E-state index in [1.165, 1.54) is 11.0 Å². The molecule has 0 saturated carbocycles. The average molecular weight is 239 g/mol. The van der Waals surface area contributed by atoms with Gasteiger partial charge in [-0.05, 0) is 19.1 Å². The largest absolute Gasteiger partial charge is 0.506 e. The lowest BCUT2D eigenvalue weighted by Gasteiger charge is -2.20. The van der Waals surface area contributed by atoms with E-state index >= 15 is 0 Å². The number of nitrogens with zero attached hydrogens (tertiary/aromatic N) is 1. The maximum absolute atomic E-state index is 11.1. The van der Waals surface area contributed by atoms with Gasteiger partial charge in [-0.1, -0.05) is 0 Å². The molecule has 0 heterocycles. The second-order valence-corrected chi connectivity index (χ2v) is 3.44. The van der Waals surface area contributed by atoms with Crippen molar-refractivity contribution in [2.75, 3.05) is 29.9 Å². The molecule has 0 aliphatic rings. The van der Waals surface area contributed by atoms with Crippen LogP contribution in [0.3, 0.4) is 0 Å². The van der Waals surface area contributed by atoms with Crippen LogP contribution in [0.15, 0.2) is 18.2 Å². The Hall–Kier alpha value is -1.95. The van der Waals surface area contributed by atoms with Crippen molar-refractivity contribution in [1.29, 1.82) is 0 Å². The van der Waals surface area contributed by atoms with Crippen molar-refractivity contribution in [3.05, 3.63) is 18.2 Å². The number of aliphatic hydroxyl groups excluding tert-OH is 1. The van der Waals surface area contributed by atoms with Crippen LogP contribution in [0.1, 0.15) is 6.92 Å². The fraction of sp³-hybridized carbons (Fsp3) is 0.364. The van der Waals surface area contributed by atoms with E-state index in [1.54, 1.807) is 19.1 Å². The number of aliphatic hydroxyl groups is 1. The molecule has 0 unspecified atom stereocenters. The summed E-state index contributed by atoms with van der Waals surface area (Å²) < 4.78 is 0. The molecule has 0 aliphatic carbocycles. The normalized spacial score (nSPS) is 10.0. The van der Waals surface area contributed by atoms with Crippen LogP contribution in [0.4, 0.5) is 16.2 Å². The molecule has 0 fully saturated rings. The number of carbonyl (C=O) groups is 1. The number of benzene rings is 1. The Morgan fingerprint density at radius 2 is 2.24 bits per heavy atom. The Labute approximate surface area is 99.7 Å². The third-order valence-electron chi connectivity index (χ3n) is 2.29. The molecule has 2 amide bonds. The number of aromatic hydroxyl groups is 1. The average Bonchev–Trinajstić information content (AvgIpc) is 2.29. The van der Waals surface area contributed by atoms with Crippen LogP contribution in [0.25, 0.3) is 0 Å². The zero-order valence-electron chi connectivity index (χ0n) is 9.68. The van der Waals surface area contributed by atoms with Gasteiger partial charge in [0.2, 0.25) is 0 Å². The second-order valence-electron chi connectivity index (χ2n) is 3.44. The summed E-state index contributed by atoms with van der Waals surface area (Å²) in [6.45, 7) is 2.55. The van der Waals surface area contributed by atoms with Gasteiger partial charge in [-0.25, -0.2) is 4.79 Å². The first-order valence-electron chi connectivity index (χ1n) is 5.34. The number of urea groups is 1. The summed E-state index contributed by atoms with van der Waals surface area (Å²) in [6.07, 6.45) is 0. The fourth-order valence-corrected chi connectivity index (χ4v) is 1.51. The van der Waals surface area contributed by atoms with Gasteiger partial charge in [-0.2, -0.15) is 0 Å². The molecule has 0 bridgehead atoms. The molecular weight excluding hydrogens is 222 g/mol. The van der Waals surface area contributed by atoms with Crippen molar-refractivity contribution in [2.24, 2.45) is 5.73 Å². The van der Waals surface area contributed by atoms with Crippen LogP contribution < -0.4 is 16.0 Å². The Balaban J connectivity index is 2.92. The van der Waals surface area contributed by atoms with Crippen molar-refractivity contribution in [1.82, 2.24) is 0 Å². The summed E-state index contributed by atoms with van der Waals surface area (Å²) in [6, 6.07) is 4.18. The summed E-state index contributed by atoms with van der Waals surface area (Å²) in [5.74, 6) is -0.0337. The highest BCUT2D eigenvalue weighted by atomic mass is 16.3. The first-order chi connectivity index (χ1) is 8.10. The van der Waals surface area contributed by atoms with E-state index in [4.69, 9.17) is 10.8 Å². The molecule has 0 aromatic heterocycles. The number of phenolic OH excluding ortho intramolecular Hbond substituents is 1. The van der Waals surface area contributed by atoms with Gasteiger partial charge in [0.25, 0.3) is 0 Å². The third-order valence-corrected chi connectivity index (χ3v) is 2.29. The van der Waals surface area contributed by atoms with Crippen LogP contribution in [-0.4, -0.2) is 35.9 Å². The molecule has 6 nitrogen and oxygen atoms in total. The summed E-state index contributed by atoms with van der Waals surface area (Å²) in [5, 5.41) is 21.3. The Morgan fingerprint density at radius 1 is 1.53 bits per heavy atom. The van der Waals surface area contributed by atoms with Crippen LogP contribution in [0, 0.1) is 0 Å². The first kappa shape index (κ1) is 13.1. The number of primary amides is 1. The standard InChI is InChI=1S/C11H17N3O3/c1-2-14(11(12)17)9-4-3-8(7-10(9)16)13-5-6-15/h3-4,7,13,15-16H,2,5-6H2,1H3,(H2,12,17). The maximum atomic E-state index is 11.1. The fourth-order valence-electron chi connectivity index (χ4n) is 1.51. The number of phenols is 1. The smallest absolute Gasteiger partial charge is 0.319 e. The minimum atomic E-state index is -0.612. The number of nitrogens with one attached hydrogen (secondary N) is 1. The zero-order chi connectivity index (χ0) is 12.8. The highest BCUT2D eigenvalue weighted by Gasteiger charge is 2.14. The van der Waals surface area contributed by atoms with E-state index < -0.39 is 6.03 Å². The van der Waals surface area contributed by atoms with Gasteiger partial charge in [0, 0.05) is 24.8 Å². The monoisotopic (exact) mass is 239 g/mol. The molecule has 1 aromatic carbocycles. The number of amides is 2. The van der Waals surface area contributed by atoms with E-state index in [9.17, 15) is 9.90 Å². The van der Waals surface area contributed by atoms with E-state index in [2.05, 4.69) is 5.32 Å². The summed E-state index contributed by atoms with van der Waals surface area (Å²) in [5.41, 5.74) is 6.23. The van der Waals surface area contributed by atoms with Crippen molar-refractivity contribution >= 4 is 17.4 Å². The Kier molecular flexibility index (Phi) is 4.59. The minimum Gasteiger partial charge on any atom is -0.506 e. The number of anilines is 2. The van der Waals surface area contributed by atoms with Crippen LogP contribution in [0.5, 0.6) is 5.75 Å². The highest BCUT2D eigenvalue weighted by molar-refractivity contribution is 5.92. The Morgan fingerprint density at radius 3 is 2.71 bits per heavy atom. The van der Waals surface area contributed by atoms with Crippen molar-refractivity contribution in [2.45, 2.75) is 6.92 Å². The van der Waals surface area contributed by atoms with Gasteiger partial charge in [0.05, 0.1) is 12.3 Å². The zero-order valence-corrected chi connectivity index (χ0v) is 9.68. The van der Waals surface area contributed by atoms with Gasteiger partial charge in [0.15, 0.2) is 0 Å². The highest BCUT2D eigenvalue weighted by Crippen LogP contribution is 2.29. The van der Waals surface area contributed by atoms with Gasteiger partial charge >= 0.3 is 6.03 Å². The van der Waals surface area contributed by atoms with Crippen LogP contribution in [-0.2, 0) is 0 Å². The molecule has 1 rings (SSSR count). The van der Waals surface area contributed by atoms with Crippen molar-refractivity contribution < 1.29 is 15.0 Å². The molecule has 0 saturated heterocycles. The maximum Gasteiger partial charge on any atom is 0.319 e. The lowest BCUT2D eigenvalue weighted by Crippen LogP contribution is -2.35. The quantitative estimate of drug-likeness (QED) is 0.608. The summed E-state index contributed by atoms with van der Waals surface area (Å²) in [7, 11) is 0. The molecule has 17 heavy (non-hydrogen) atoms. The van der Waals surface area contributed by atoms with Crippen LogP contribution in [0.2, 0.25) is 0 Å². The molecule has 0 spiro atoms. The van der Waals surface area contributed by atoms with E-state index in [1.807, 2.05) is 0 Å². The molecule has 1 aromatic rings. The lowest BCUT2D eigenvalue weighted by atomic mass is 10.2. The third kappa shape index (κ3) is 3.25. The van der Waals surface area contributed by atoms with Crippen LogP contribution >= 0.6 is 0 Å². The van der Waals surface area contributed by atoms with E-state index in [0.717, 1.165) is 0 Å². The topological polar surface area (TPSA) is 98.8 Å². The molecule has 0 aliphatic heterocycles. The first-order valence-corrected chi connectivity index (χ1v) is 5.34. The number of carbonyl (C=O) groups excluding carboxylic acids is 1. The predicted molar refractivity (Wildman–Crippen MR) is 66.3 cm³/mol. The van der Waals surface area contributed by atoms with Crippen molar-refractivity contribution in [3.63, 3.8) is 0 Å². The number of nitrogens with two attached hydrogens (primary N) is 1. The molecule has 0 radical (unpaired) electrons. The SMILES string of the molecule is CCN(C(N)=O)c1ccc(NCCO)cc1O. The molecule has 5 N–H and O–H groups in total. The molecule has 6 heteroatoms. The van der Waals surface area contributed by atoms with Crippen molar-refractivity contribution in [3.8, 4) is 5.75 Å². The molecule has 94 valence electrons. The van der Waals surface area contributed by atoms with Gasteiger partial charge < -0.3 is 21.3 Å². The number of rotatable bonds is 5. The van der Waals surface area contributed by atoms with Gasteiger partial charge in [0.1, 0.15) is 5.75 Å². The Bertz CT molecular complexity index is 396. The second kappa shape index (κ2) is 5.95. The minimum absolute atomic E-state index is 0.00485. The predicted octanol–water partition coefficient (Wildman–Crippen LogP) is 0.701. The number of hydrogen-bond donors (Lipinski definition) is 4.